The van der Waals surface area contributed by atoms with Gasteiger partial charge in [-0.15, -0.1) is 22.7 Å². The molecule has 78 valence electrons. The topological polar surface area (TPSA) is 64.1 Å². The molecule has 2 heterocycles. The van der Waals surface area contributed by atoms with E-state index in [2.05, 4.69) is 15.3 Å². The van der Waals surface area contributed by atoms with Crippen molar-refractivity contribution in [2.24, 2.45) is 0 Å². The van der Waals surface area contributed by atoms with Crippen molar-refractivity contribution in [3.8, 4) is 0 Å². The first-order chi connectivity index (χ1) is 7.34. The van der Waals surface area contributed by atoms with Crippen LogP contribution in [0.25, 0.3) is 0 Å². The zero-order valence-corrected chi connectivity index (χ0v) is 9.18. The lowest BCUT2D eigenvalue weighted by atomic mass is 10.7. The molecule has 0 aliphatic heterocycles. The van der Waals surface area contributed by atoms with Gasteiger partial charge in [-0.25, -0.2) is 14.8 Å². The number of aromatic nitrogens is 2. The van der Waals surface area contributed by atoms with Crippen molar-refractivity contribution < 1.29 is 9.53 Å². The number of carbonyl (C=O) groups excluding carboxylic acids is 1. The minimum absolute atomic E-state index is 0.189. The van der Waals surface area contributed by atoms with Gasteiger partial charge in [0.25, 0.3) is 0 Å². The molecule has 7 heteroatoms. The maximum atomic E-state index is 11.2. The molecular weight excluding hydrogens is 234 g/mol. The molecule has 5 nitrogen and oxygen atoms in total. The van der Waals surface area contributed by atoms with Crippen molar-refractivity contribution in [3.05, 3.63) is 28.2 Å². The van der Waals surface area contributed by atoms with Crippen LogP contribution >= 0.6 is 22.7 Å². The third kappa shape index (κ3) is 3.00. The first-order valence-corrected chi connectivity index (χ1v) is 5.82. The number of ether oxygens (including phenoxy) is 1. The zero-order valence-electron chi connectivity index (χ0n) is 7.54. The summed E-state index contributed by atoms with van der Waals surface area (Å²) in [5.41, 5.74) is 0. The molecule has 0 fully saturated rings. The second-order valence-corrected chi connectivity index (χ2v) is 4.34. The second kappa shape index (κ2) is 4.85. The third-order valence-electron chi connectivity index (χ3n) is 1.45. The molecule has 2 rings (SSSR count). The van der Waals surface area contributed by atoms with Crippen molar-refractivity contribution in [1.29, 1.82) is 0 Å². The summed E-state index contributed by atoms with van der Waals surface area (Å²) in [4.78, 5) is 19.1. The summed E-state index contributed by atoms with van der Waals surface area (Å²) >= 11 is 2.78. The molecule has 1 N–H and O–H groups in total. The van der Waals surface area contributed by atoms with E-state index in [0.717, 1.165) is 5.01 Å². The fourth-order valence-corrected chi connectivity index (χ4v) is 1.90. The quantitative estimate of drug-likeness (QED) is 0.895. The molecule has 0 unspecified atom stereocenters. The number of hydrogen-bond donors (Lipinski definition) is 1. The lowest BCUT2D eigenvalue weighted by molar-refractivity contribution is 0.155. The Hall–Kier alpha value is -1.47. The largest absolute Gasteiger partial charge is 0.442 e. The van der Waals surface area contributed by atoms with Gasteiger partial charge in [-0.1, -0.05) is 0 Å². The van der Waals surface area contributed by atoms with E-state index in [1.165, 1.54) is 22.7 Å². The van der Waals surface area contributed by atoms with E-state index in [0.29, 0.717) is 5.13 Å². The number of amides is 1. The molecule has 0 aliphatic rings. The lowest BCUT2D eigenvalue weighted by Crippen LogP contribution is -2.13. The van der Waals surface area contributed by atoms with Crippen LogP contribution in [0, 0.1) is 0 Å². The standard InChI is InChI=1S/C8H7N3O2S2/c12-8(11-7-10-2-4-15-7)13-5-6-9-1-3-14-6/h1-4H,5H2,(H,10,11,12). The van der Waals surface area contributed by atoms with Gasteiger partial charge in [-0.2, -0.15) is 0 Å². The molecule has 0 aliphatic carbocycles. The van der Waals surface area contributed by atoms with Crippen molar-refractivity contribution in [2.45, 2.75) is 6.61 Å². The Morgan fingerprint density at radius 1 is 1.33 bits per heavy atom. The van der Waals surface area contributed by atoms with Crippen molar-refractivity contribution in [1.82, 2.24) is 9.97 Å². The zero-order chi connectivity index (χ0) is 10.5. The summed E-state index contributed by atoms with van der Waals surface area (Å²) in [6, 6.07) is 0. The molecule has 2 aromatic heterocycles. The highest BCUT2D eigenvalue weighted by Gasteiger charge is 2.05. The first-order valence-electron chi connectivity index (χ1n) is 4.06. The fraction of sp³-hybridized carbons (Fsp3) is 0.125. The Morgan fingerprint density at radius 3 is 2.80 bits per heavy atom. The summed E-state index contributed by atoms with van der Waals surface area (Å²) in [6.45, 7) is 0.189. The third-order valence-corrected chi connectivity index (χ3v) is 2.89. The molecule has 0 radical (unpaired) electrons. The Bertz CT molecular complexity index is 413. The maximum absolute atomic E-state index is 11.2. The highest BCUT2D eigenvalue weighted by molar-refractivity contribution is 7.13. The summed E-state index contributed by atoms with van der Waals surface area (Å²) < 4.78 is 4.92. The second-order valence-electron chi connectivity index (χ2n) is 2.46. The van der Waals surface area contributed by atoms with Crippen LogP contribution in [0.5, 0.6) is 0 Å². The van der Waals surface area contributed by atoms with E-state index in [4.69, 9.17) is 4.74 Å². The summed E-state index contributed by atoms with van der Waals surface area (Å²) in [5, 5.41) is 7.41. The molecule has 0 saturated carbocycles. The predicted molar refractivity (Wildman–Crippen MR) is 58.0 cm³/mol. The van der Waals surface area contributed by atoms with Gasteiger partial charge < -0.3 is 4.74 Å². The van der Waals surface area contributed by atoms with Gasteiger partial charge >= 0.3 is 6.09 Å². The minimum atomic E-state index is -0.514. The van der Waals surface area contributed by atoms with Gasteiger partial charge in [0.1, 0.15) is 11.6 Å². The maximum Gasteiger partial charge on any atom is 0.413 e. The number of anilines is 1. The summed E-state index contributed by atoms with van der Waals surface area (Å²) in [5.74, 6) is 0. The molecule has 0 bridgehead atoms. The molecular formula is C8H7N3O2S2. The molecule has 15 heavy (non-hydrogen) atoms. The molecule has 0 aromatic carbocycles. The highest BCUT2D eigenvalue weighted by atomic mass is 32.1. The smallest absolute Gasteiger partial charge is 0.413 e. The number of rotatable bonds is 3. The van der Waals surface area contributed by atoms with Crippen LogP contribution in [-0.4, -0.2) is 16.1 Å². The van der Waals surface area contributed by atoms with Crippen molar-refractivity contribution in [3.63, 3.8) is 0 Å². The van der Waals surface area contributed by atoms with Crippen LogP contribution in [0.15, 0.2) is 23.2 Å². The van der Waals surface area contributed by atoms with Crippen LogP contribution in [0.1, 0.15) is 5.01 Å². The van der Waals surface area contributed by atoms with Crippen LogP contribution in [0.4, 0.5) is 9.93 Å². The van der Waals surface area contributed by atoms with Gasteiger partial charge in [0, 0.05) is 23.2 Å². The molecule has 0 atom stereocenters. The number of thiazole rings is 2. The predicted octanol–water partition coefficient (Wildman–Crippen LogP) is 2.35. The van der Waals surface area contributed by atoms with Crippen LogP contribution in [-0.2, 0) is 11.3 Å². The van der Waals surface area contributed by atoms with Crippen LogP contribution in [0.2, 0.25) is 0 Å². The van der Waals surface area contributed by atoms with E-state index >= 15 is 0 Å². The Balaban J connectivity index is 1.78. The molecule has 2 aromatic rings. The van der Waals surface area contributed by atoms with E-state index in [1.54, 1.807) is 17.8 Å². The van der Waals surface area contributed by atoms with E-state index in [-0.39, 0.29) is 6.61 Å². The summed E-state index contributed by atoms with van der Waals surface area (Å²) in [7, 11) is 0. The van der Waals surface area contributed by atoms with Crippen molar-refractivity contribution in [2.75, 3.05) is 5.32 Å². The summed E-state index contributed by atoms with van der Waals surface area (Å²) in [6.07, 6.45) is 2.77. The van der Waals surface area contributed by atoms with Gasteiger partial charge in [0.15, 0.2) is 5.13 Å². The Kier molecular flexibility index (Phi) is 3.25. The van der Waals surface area contributed by atoms with Gasteiger partial charge in [-0.3, -0.25) is 5.32 Å². The van der Waals surface area contributed by atoms with Gasteiger partial charge in [-0.05, 0) is 0 Å². The number of hydrogen-bond acceptors (Lipinski definition) is 6. The Morgan fingerprint density at radius 2 is 2.13 bits per heavy atom. The highest BCUT2D eigenvalue weighted by Crippen LogP contribution is 2.11. The normalized spacial score (nSPS) is 9.87. The van der Waals surface area contributed by atoms with Gasteiger partial charge in [0.2, 0.25) is 0 Å². The first kappa shape index (κ1) is 10.1. The number of carbonyl (C=O) groups is 1. The van der Waals surface area contributed by atoms with Crippen LogP contribution in [0.3, 0.4) is 0 Å². The fourth-order valence-electron chi connectivity index (χ4n) is 0.860. The average molecular weight is 241 g/mol. The van der Waals surface area contributed by atoms with Crippen molar-refractivity contribution >= 4 is 33.9 Å². The number of nitrogens with one attached hydrogen (secondary N) is 1. The van der Waals surface area contributed by atoms with E-state index < -0.39 is 6.09 Å². The lowest BCUT2D eigenvalue weighted by Gasteiger charge is -2.01. The van der Waals surface area contributed by atoms with Crippen LogP contribution < -0.4 is 5.32 Å². The van der Waals surface area contributed by atoms with E-state index in [9.17, 15) is 4.79 Å². The minimum Gasteiger partial charge on any atom is -0.442 e. The molecule has 0 spiro atoms. The van der Waals surface area contributed by atoms with Gasteiger partial charge in [0.05, 0.1) is 0 Å². The monoisotopic (exact) mass is 241 g/mol. The Labute approximate surface area is 93.8 Å². The molecule has 0 saturated heterocycles. The number of nitrogens with zero attached hydrogens (tertiary/aromatic N) is 2. The van der Waals surface area contributed by atoms with E-state index in [1.807, 2.05) is 5.38 Å². The SMILES string of the molecule is O=C(Nc1nccs1)OCc1nccs1. The average Bonchev–Trinajstić information content (AvgIpc) is 2.86. The molecule has 1 amide bonds.